The first-order chi connectivity index (χ1) is 9.49. The van der Waals surface area contributed by atoms with Crippen LogP contribution in [0.3, 0.4) is 0 Å². The van der Waals surface area contributed by atoms with Crippen molar-refractivity contribution in [3.05, 3.63) is 59.4 Å². The Labute approximate surface area is 112 Å². The van der Waals surface area contributed by atoms with E-state index >= 15 is 0 Å². The van der Waals surface area contributed by atoms with Gasteiger partial charge in [0, 0.05) is 5.56 Å². The van der Waals surface area contributed by atoms with E-state index in [1.807, 2.05) is 0 Å². The predicted octanol–water partition coefficient (Wildman–Crippen LogP) is 2.99. The Balaban J connectivity index is 2.13. The van der Waals surface area contributed by atoms with Gasteiger partial charge in [0.25, 0.3) is 0 Å². The van der Waals surface area contributed by atoms with Crippen LogP contribution in [0.25, 0.3) is 0 Å². The van der Waals surface area contributed by atoms with E-state index in [4.69, 9.17) is 0 Å². The van der Waals surface area contributed by atoms with E-state index in [0.29, 0.717) is 11.6 Å². The number of rotatable bonds is 3. The number of carbonyl (C=O) groups excluding carboxylic acids is 1. The third kappa shape index (κ3) is 2.90. The number of carbonyl (C=O) groups is 1. The van der Waals surface area contributed by atoms with Crippen molar-refractivity contribution in [1.82, 2.24) is 0 Å². The maximum atomic E-state index is 13.4. The molecule has 1 amide bonds. The molecule has 2 aromatic carbocycles. The number of phenols is 1. The van der Waals surface area contributed by atoms with Crippen molar-refractivity contribution in [2.24, 2.45) is 0 Å². The quantitative estimate of drug-likeness (QED) is 0.850. The molecule has 0 aliphatic heterocycles. The summed E-state index contributed by atoms with van der Waals surface area (Å²) in [6.07, 6.45) is -0.217. The summed E-state index contributed by atoms with van der Waals surface area (Å²) in [7, 11) is 0. The van der Waals surface area contributed by atoms with E-state index in [0.717, 1.165) is 6.07 Å². The lowest BCUT2D eigenvalue weighted by molar-refractivity contribution is -0.115. The number of phenolic OH excluding ortho intramolecular Hbond substituents is 1. The molecule has 0 saturated carbocycles. The van der Waals surface area contributed by atoms with Crippen LogP contribution in [-0.2, 0) is 11.2 Å². The summed E-state index contributed by atoms with van der Waals surface area (Å²) in [4.78, 5) is 11.7. The number of benzene rings is 2. The van der Waals surface area contributed by atoms with Crippen LogP contribution in [0.2, 0.25) is 0 Å². The lowest BCUT2D eigenvalue weighted by atomic mass is 10.1. The first-order valence-corrected chi connectivity index (χ1v) is 5.69. The van der Waals surface area contributed by atoms with Gasteiger partial charge in [0.05, 0.1) is 12.1 Å². The molecular weight excluding hydrogens is 271 g/mol. The molecule has 0 heterocycles. The van der Waals surface area contributed by atoms with Gasteiger partial charge in [-0.2, -0.15) is 0 Å². The van der Waals surface area contributed by atoms with Crippen molar-refractivity contribution in [2.45, 2.75) is 6.42 Å². The van der Waals surface area contributed by atoms with Crippen LogP contribution in [0.15, 0.2) is 36.4 Å². The zero-order valence-electron chi connectivity index (χ0n) is 10.2. The molecule has 2 N–H and O–H groups in total. The summed E-state index contributed by atoms with van der Waals surface area (Å²) in [6.45, 7) is 0. The van der Waals surface area contributed by atoms with Crippen LogP contribution >= 0.6 is 0 Å². The highest BCUT2D eigenvalue weighted by Crippen LogP contribution is 2.21. The highest BCUT2D eigenvalue weighted by atomic mass is 19.2. The van der Waals surface area contributed by atoms with Gasteiger partial charge >= 0.3 is 0 Å². The van der Waals surface area contributed by atoms with E-state index in [9.17, 15) is 23.1 Å². The number of amides is 1. The number of para-hydroxylation sites is 1. The normalized spacial score (nSPS) is 10.3. The molecule has 0 spiro atoms. The number of aromatic hydroxyl groups is 1. The average Bonchev–Trinajstić information content (AvgIpc) is 2.42. The van der Waals surface area contributed by atoms with E-state index in [1.165, 1.54) is 12.1 Å². The third-order valence-electron chi connectivity index (χ3n) is 2.65. The van der Waals surface area contributed by atoms with E-state index in [-0.39, 0.29) is 12.2 Å². The predicted molar refractivity (Wildman–Crippen MR) is 66.8 cm³/mol. The molecule has 2 rings (SSSR count). The first-order valence-electron chi connectivity index (χ1n) is 5.69. The molecule has 0 bridgehead atoms. The summed E-state index contributed by atoms with van der Waals surface area (Å²) in [5.41, 5.74) is -0.114. The van der Waals surface area contributed by atoms with Crippen LogP contribution < -0.4 is 5.32 Å². The van der Waals surface area contributed by atoms with Crippen molar-refractivity contribution in [3.63, 3.8) is 0 Å². The topological polar surface area (TPSA) is 49.3 Å². The van der Waals surface area contributed by atoms with Crippen LogP contribution in [0.1, 0.15) is 5.56 Å². The first kappa shape index (κ1) is 13.9. The molecule has 0 unspecified atom stereocenters. The van der Waals surface area contributed by atoms with Gasteiger partial charge in [-0.3, -0.25) is 4.79 Å². The zero-order valence-corrected chi connectivity index (χ0v) is 10.2. The minimum Gasteiger partial charge on any atom is -0.508 e. The fourth-order valence-electron chi connectivity index (χ4n) is 1.65. The van der Waals surface area contributed by atoms with Crippen molar-refractivity contribution in [3.8, 4) is 5.75 Å². The lowest BCUT2D eigenvalue weighted by Crippen LogP contribution is -2.16. The Morgan fingerprint density at radius 1 is 1.05 bits per heavy atom. The molecule has 0 saturated heterocycles. The molecule has 3 nitrogen and oxygen atoms in total. The number of nitrogens with one attached hydrogen (secondary N) is 1. The maximum absolute atomic E-state index is 13.4. The van der Waals surface area contributed by atoms with Gasteiger partial charge in [0.1, 0.15) is 5.75 Å². The molecule has 0 aliphatic carbocycles. The molecule has 0 aromatic heterocycles. The highest BCUT2D eigenvalue weighted by molar-refractivity contribution is 5.92. The molecule has 0 fully saturated rings. The Kier molecular flexibility index (Phi) is 3.93. The summed E-state index contributed by atoms with van der Waals surface area (Å²) in [6, 6.07) is 7.79. The number of anilines is 1. The summed E-state index contributed by atoms with van der Waals surface area (Å²) in [5, 5.41) is 11.6. The number of hydrogen-bond donors (Lipinski definition) is 2. The highest BCUT2D eigenvalue weighted by Gasteiger charge is 2.15. The van der Waals surface area contributed by atoms with Crippen molar-refractivity contribution in [2.75, 3.05) is 5.32 Å². The van der Waals surface area contributed by atoms with Gasteiger partial charge in [0.2, 0.25) is 5.91 Å². The van der Waals surface area contributed by atoms with Gasteiger partial charge in [-0.25, -0.2) is 13.2 Å². The van der Waals surface area contributed by atoms with E-state index < -0.39 is 29.0 Å². The molecular formula is C14H10F3NO2. The molecule has 20 heavy (non-hydrogen) atoms. The van der Waals surface area contributed by atoms with Gasteiger partial charge in [-0.15, -0.1) is 0 Å². The molecule has 0 atom stereocenters. The zero-order chi connectivity index (χ0) is 14.7. The molecule has 2 aromatic rings. The van der Waals surface area contributed by atoms with Gasteiger partial charge in [-0.1, -0.05) is 18.2 Å². The summed E-state index contributed by atoms with van der Waals surface area (Å²) >= 11 is 0. The second-order valence-electron chi connectivity index (χ2n) is 4.08. The van der Waals surface area contributed by atoms with Gasteiger partial charge in [-0.05, 0) is 18.2 Å². The fraction of sp³-hybridized carbons (Fsp3) is 0.0714. The largest absolute Gasteiger partial charge is 0.508 e. The minimum absolute atomic E-state index is 0.0755. The van der Waals surface area contributed by atoms with Gasteiger partial charge < -0.3 is 10.4 Å². The average molecular weight is 281 g/mol. The smallest absolute Gasteiger partial charge is 0.229 e. The monoisotopic (exact) mass is 281 g/mol. The van der Waals surface area contributed by atoms with Crippen molar-refractivity contribution in [1.29, 1.82) is 0 Å². The summed E-state index contributed by atoms with van der Waals surface area (Å²) in [5.74, 6) is -5.17. The Hall–Kier alpha value is -2.50. The van der Waals surface area contributed by atoms with E-state index in [1.54, 1.807) is 12.1 Å². The minimum atomic E-state index is -1.65. The van der Waals surface area contributed by atoms with Crippen LogP contribution in [-0.4, -0.2) is 11.0 Å². The lowest BCUT2D eigenvalue weighted by Gasteiger charge is -2.08. The van der Waals surface area contributed by atoms with Crippen LogP contribution in [0.4, 0.5) is 18.9 Å². The maximum Gasteiger partial charge on any atom is 0.229 e. The molecule has 0 radical (unpaired) electrons. The molecule has 104 valence electrons. The molecule has 6 heteroatoms. The second-order valence-corrected chi connectivity index (χ2v) is 4.08. The van der Waals surface area contributed by atoms with Crippen LogP contribution in [0, 0.1) is 17.5 Å². The third-order valence-corrected chi connectivity index (χ3v) is 2.65. The standard InChI is InChI=1S/C14H10F3NO2/c15-9-5-6-10(14(17)13(9)16)18-12(20)7-8-3-1-2-4-11(8)19/h1-6,19H,7H2,(H,18,20). The van der Waals surface area contributed by atoms with Crippen molar-refractivity contribution >= 4 is 11.6 Å². The van der Waals surface area contributed by atoms with Crippen LogP contribution in [0.5, 0.6) is 5.75 Å². The van der Waals surface area contributed by atoms with E-state index in [2.05, 4.69) is 5.32 Å². The summed E-state index contributed by atoms with van der Waals surface area (Å²) < 4.78 is 39.1. The molecule has 0 aliphatic rings. The fourth-order valence-corrected chi connectivity index (χ4v) is 1.65. The number of hydrogen-bond acceptors (Lipinski definition) is 2. The Bertz CT molecular complexity index is 659. The SMILES string of the molecule is O=C(Cc1ccccc1O)Nc1ccc(F)c(F)c1F. The Morgan fingerprint density at radius 3 is 2.45 bits per heavy atom. The number of halogens is 3. The Morgan fingerprint density at radius 2 is 1.75 bits per heavy atom. The second kappa shape index (κ2) is 5.64. The van der Waals surface area contributed by atoms with Gasteiger partial charge in [0.15, 0.2) is 17.5 Å². The van der Waals surface area contributed by atoms with Crippen molar-refractivity contribution < 1.29 is 23.1 Å².